The minimum atomic E-state index is 0.0988. The molecule has 1 aliphatic carbocycles. The van der Waals surface area contributed by atoms with Crippen LogP contribution < -0.4 is 0 Å². The van der Waals surface area contributed by atoms with Crippen molar-refractivity contribution in [2.75, 3.05) is 60.6 Å². The Hall–Kier alpha value is -1.41. The Bertz CT molecular complexity index is 670. The van der Waals surface area contributed by atoms with Gasteiger partial charge in [-0.15, -0.1) is 0 Å². The third-order valence-electron chi connectivity index (χ3n) is 6.72. The highest BCUT2D eigenvalue weighted by atomic mass is 16.5. The van der Waals surface area contributed by atoms with Gasteiger partial charge in [-0.25, -0.2) is 0 Å². The van der Waals surface area contributed by atoms with Gasteiger partial charge in [0.05, 0.1) is 31.4 Å². The van der Waals surface area contributed by atoms with E-state index in [1.54, 1.807) is 13.4 Å². The molecule has 2 saturated heterocycles. The van der Waals surface area contributed by atoms with Crippen LogP contribution in [0.2, 0.25) is 0 Å². The Morgan fingerprint density at radius 1 is 1.21 bits per heavy atom. The van der Waals surface area contributed by atoms with Crippen LogP contribution in [0, 0.1) is 11.8 Å². The normalized spacial score (nSPS) is 31.4. The maximum atomic E-state index is 13.1. The van der Waals surface area contributed by atoms with Crippen LogP contribution in [0.25, 0.3) is 0 Å². The zero-order chi connectivity index (χ0) is 19.7. The Kier molecular flexibility index (Phi) is 6.06. The quantitative estimate of drug-likeness (QED) is 0.759. The number of furan rings is 1. The lowest BCUT2D eigenvalue weighted by atomic mass is 9.77. The summed E-state index contributed by atoms with van der Waals surface area (Å²) in [5, 5.41) is 0. The van der Waals surface area contributed by atoms with Crippen molar-refractivity contribution in [3.63, 3.8) is 0 Å². The van der Waals surface area contributed by atoms with Crippen LogP contribution >= 0.6 is 0 Å². The van der Waals surface area contributed by atoms with Gasteiger partial charge in [0, 0.05) is 39.3 Å². The second kappa shape index (κ2) is 8.53. The van der Waals surface area contributed by atoms with E-state index in [0.717, 1.165) is 64.5 Å². The lowest BCUT2D eigenvalue weighted by Crippen LogP contribution is -2.47. The number of hydrogen-bond donors (Lipinski definition) is 0. The number of hydrogen-bond acceptors (Lipinski definition) is 6. The summed E-state index contributed by atoms with van der Waals surface area (Å²) in [6.07, 6.45) is 4.00. The van der Waals surface area contributed by atoms with E-state index >= 15 is 0 Å². The number of likely N-dealkylation sites (N-methyl/N-ethyl adjacent to an activating group) is 1. The molecule has 3 aliphatic rings. The van der Waals surface area contributed by atoms with Crippen molar-refractivity contribution in [2.45, 2.75) is 31.5 Å². The van der Waals surface area contributed by atoms with Crippen LogP contribution in [0.1, 0.15) is 29.0 Å². The predicted molar refractivity (Wildman–Crippen MR) is 105 cm³/mol. The molecule has 0 spiro atoms. The fraction of sp³-hybridized carbons (Fsp3) is 0.762. The molecule has 3 heterocycles. The van der Waals surface area contributed by atoms with Crippen LogP contribution in [0.5, 0.6) is 0 Å². The molecule has 0 N–H and O–H groups in total. The average Bonchev–Trinajstić information content (AvgIpc) is 3.33. The summed E-state index contributed by atoms with van der Waals surface area (Å²) < 4.78 is 16.8. The molecule has 7 nitrogen and oxygen atoms in total. The van der Waals surface area contributed by atoms with E-state index < -0.39 is 0 Å². The number of carbonyl (C=O) groups excluding carboxylic acids is 1. The molecule has 0 bridgehead atoms. The van der Waals surface area contributed by atoms with Crippen LogP contribution in [0.15, 0.2) is 16.7 Å². The predicted octanol–water partition coefficient (Wildman–Crippen LogP) is 1.54. The first kappa shape index (κ1) is 19.9. The van der Waals surface area contributed by atoms with E-state index in [-0.39, 0.29) is 12.0 Å². The van der Waals surface area contributed by atoms with Crippen LogP contribution in [0.4, 0.5) is 0 Å². The van der Waals surface area contributed by atoms with Gasteiger partial charge in [0.25, 0.3) is 5.91 Å². The number of methoxy groups -OCH3 is 1. The SMILES string of the molecule is CO[C@@H]1C[C@H]2CN(C(=O)c3coc(CN4CCOCC4)c3)C[C@H]2C[C@H]1N(C)C. The molecule has 28 heavy (non-hydrogen) atoms. The molecule has 3 fully saturated rings. The molecule has 0 radical (unpaired) electrons. The first-order valence-corrected chi connectivity index (χ1v) is 10.4. The van der Waals surface area contributed by atoms with E-state index in [4.69, 9.17) is 13.9 Å². The number of fused-ring (bicyclic) bond motifs is 1. The van der Waals surface area contributed by atoms with Gasteiger partial charge < -0.3 is 23.7 Å². The van der Waals surface area contributed by atoms with Gasteiger partial charge in [0.15, 0.2) is 0 Å². The van der Waals surface area contributed by atoms with Crippen molar-refractivity contribution < 1.29 is 18.7 Å². The molecule has 4 rings (SSSR count). The van der Waals surface area contributed by atoms with Gasteiger partial charge in [0.2, 0.25) is 0 Å². The van der Waals surface area contributed by atoms with E-state index in [2.05, 4.69) is 23.9 Å². The largest absolute Gasteiger partial charge is 0.467 e. The van der Waals surface area contributed by atoms with E-state index in [1.165, 1.54) is 0 Å². The molecular weight excluding hydrogens is 358 g/mol. The molecule has 7 heteroatoms. The molecule has 0 unspecified atom stereocenters. The number of ether oxygens (including phenoxy) is 2. The fourth-order valence-electron chi connectivity index (χ4n) is 5.09. The number of nitrogens with zero attached hydrogens (tertiary/aromatic N) is 3. The molecule has 0 aromatic carbocycles. The second-order valence-electron chi connectivity index (χ2n) is 8.70. The van der Waals surface area contributed by atoms with Crippen molar-refractivity contribution in [1.82, 2.24) is 14.7 Å². The van der Waals surface area contributed by atoms with Gasteiger partial charge in [0.1, 0.15) is 12.0 Å². The number of likely N-dealkylation sites (tertiary alicyclic amines) is 1. The van der Waals surface area contributed by atoms with Gasteiger partial charge in [-0.1, -0.05) is 0 Å². The van der Waals surface area contributed by atoms with Crippen LogP contribution in [-0.2, 0) is 16.0 Å². The summed E-state index contributed by atoms with van der Waals surface area (Å²) in [5.74, 6) is 2.04. The minimum Gasteiger partial charge on any atom is -0.467 e. The molecule has 1 saturated carbocycles. The number of carbonyl (C=O) groups is 1. The molecule has 2 aliphatic heterocycles. The fourth-order valence-corrected chi connectivity index (χ4v) is 5.09. The maximum Gasteiger partial charge on any atom is 0.257 e. The number of rotatable bonds is 5. The Morgan fingerprint density at radius 3 is 2.61 bits per heavy atom. The standard InChI is InChI=1S/C21H33N3O4/c1-22(2)19-9-15-11-24(12-16(15)10-20(19)26-3)21(25)17-8-18(28-14-17)13-23-4-6-27-7-5-23/h8,14-16,19-20H,4-7,9-13H2,1-3H3/t15-,16+,19-,20-/m1/s1. The lowest BCUT2D eigenvalue weighted by molar-refractivity contribution is -0.0209. The summed E-state index contributed by atoms with van der Waals surface area (Å²) in [4.78, 5) is 19.6. The molecule has 156 valence electrons. The Labute approximate surface area is 167 Å². The van der Waals surface area contributed by atoms with Crippen molar-refractivity contribution >= 4 is 5.91 Å². The zero-order valence-corrected chi connectivity index (χ0v) is 17.3. The highest BCUT2D eigenvalue weighted by Crippen LogP contribution is 2.39. The number of morpholine rings is 1. The summed E-state index contributed by atoms with van der Waals surface area (Å²) >= 11 is 0. The highest BCUT2D eigenvalue weighted by Gasteiger charge is 2.44. The summed E-state index contributed by atoms with van der Waals surface area (Å²) in [6, 6.07) is 2.34. The topological polar surface area (TPSA) is 58.4 Å². The second-order valence-corrected chi connectivity index (χ2v) is 8.70. The monoisotopic (exact) mass is 391 g/mol. The van der Waals surface area contributed by atoms with Gasteiger partial charge in [-0.05, 0) is 44.8 Å². The highest BCUT2D eigenvalue weighted by molar-refractivity contribution is 5.94. The summed E-state index contributed by atoms with van der Waals surface area (Å²) in [6.45, 7) is 5.75. The Morgan fingerprint density at radius 2 is 1.93 bits per heavy atom. The van der Waals surface area contributed by atoms with E-state index in [0.29, 0.717) is 23.4 Å². The maximum absolute atomic E-state index is 13.1. The molecule has 4 atom stereocenters. The van der Waals surface area contributed by atoms with Gasteiger partial charge in [-0.2, -0.15) is 0 Å². The number of amides is 1. The van der Waals surface area contributed by atoms with Gasteiger partial charge >= 0.3 is 0 Å². The third-order valence-corrected chi connectivity index (χ3v) is 6.72. The Balaban J connectivity index is 1.37. The van der Waals surface area contributed by atoms with E-state index in [9.17, 15) is 4.79 Å². The average molecular weight is 392 g/mol. The minimum absolute atomic E-state index is 0.0988. The molecule has 1 aromatic rings. The van der Waals surface area contributed by atoms with Gasteiger partial charge in [-0.3, -0.25) is 9.69 Å². The van der Waals surface area contributed by atoms with Crippen LogP contribution in [-0.4, -0.2) is 93.4 Å². The van der Waals surface area contributed by atoms with Crippen molar-refractivity contribution in [3.05, 3.63) is 23.7 Å². The van der Waals surface area contributed by atoms with Crippen molar-refractivity contribution in [1.29, 1.82) is 0 Å². The summed E-state index contributed by atoms with van der Waals surface area (Å²) in [7, 11) is 6.05. The van der Waals surface area contributed by atoms with E-state index in [1.807, 2.05) is 11.0 Å². The van der Waals surface area contributed by atoms with Crippen LogP contribution in [0.3, 0.4) is 0 Å². The first-order valence-electron chi connectivity index (χ1n) is 10.4. The smallest absolute Gasteiger partial charge is 0.257 e. The zero-order valence-electron chi connectivity index (χ0n) is 17.3. The van der Waals surface area contributed by atoms with Crippen molar-refractivity contribution in [2.24, 2.45) is 11.8 Å². The third kappa shape index (κ3) is 4.13. The first-order chi connectivity index (χ1) is 13.5. The molecular formula is C21H33N3O4. The van der Waals surface area contributed by atoms with Crippen molar-refractivity contribution in [3.8, 4) is 0 Å². The lowest BCUT2D eigenvalue weighted by Gasteiger charge is -2.40. The molecule has 1 amide bonds. The summed E-state index contributed by atoms with van der Waals surface area (Å²) in [5.41, 5.74) is 0.675. The molecule has 1 aromatic heterocycles.